The molecular formula is C62H48N5+. The highest BCUT2D eigenvalue weighted by Gasteiger charge is 2.44. The molecule has 5 nitrogen and oxygen atoms in total. The zero-order chi connectivity index (χ0) is 44.5. The van der Waals surface area contributed by atoms with Crippen LogP contribution in [0.25, 0.3) is 49.7 Å². The number of quaternary nitrogens is 1. The molecule has 1 N–H and O–H groups in total. The first-order valence-corrected chi connectivity index (χ1v) is 23.6. The van der Waals surface area contributed by atoms with Crippen molar-refractivity contribution in [2.75, 3.05) is 6.54 Å². The van der Waals surface area contributed by atoms with Crippen LogP contribution in [0.5, 0.6) is 0 Å². The second kappa shape index (κ2) is 15.8. The van der Waals surface area contributed by atoms with Crippen LogP contribution in [0.1, 0.15) is 58.8 Å². The van der Waals surface area contributed by atoms with E-state index in [0.29, 0.717) is 4.48 Å². The van der Waals surface area contributed by atoms with Gasteiger partial charge >= 0.3 is 0 Å². The first-order valence-electron chi connectivity index (χ1n) is 23.6. The Kier molecular flexibility index (Phi) is 9.26. The number of amidine groups is 2. The average Bonchev–Trinajstić information content (AvgIpc) is 3.83. The number of fused-ring (bicyclic) bond motifs is 10. The highest BCUT2D eigenvalue weighted by atomic mass is 15.4. The van der Waals surface area contributed by atoms with E-state index in [9.17, 15) is 0 Å². The van der Waals surface area contributed by atoms with Crippen molar-refractivity contribution in [2.45, 2.75) is 31.8 Å². The molecule has 5 heteroatoms. The van der Waals surface area contributed by atoms with E-state index in [1.165, 1.54) is 83.5 Å². The summed E-state index contributed by atoms with van der Waals surface area (Å²) in [6.07, 6.45) is 1.46. The summed E-state index contributed by atoms with van der Waals surface area (Å²) in [7, 11) is 0. The van der Waals surface area contributed by atoms with E-state index < -0.39 is 6.17 Å². The number of aromatic nitrogens is 1. The van der Waals surface area contributed by atoms with Crippen molar-refractivity contribution >= 4 is 50.5 Å². The molecule has 2 unspecified atom stereocenters. The van der Waals surface area contributed by atoms with Crippen LogP contribution in [0.4, 0.5) is 17.1 Å². The summed E-state index contributed by atoms with van der Waals surface area (Å²) in [5, 5.41) is 6.30. The second-order valence-electron chi connectivity index (χ2n) is 18.1. The van der Waals surface area contributed by atoms with Crippen LogP contribution in [-0.4, -0.2) is 22.8 Å². The van der Waals surface area contributed by atoms with Crippen molar-refractivity contribution in [2.24, 2.45) is 9.98 Å². The smallest absolute Gasteiger partial charge is 0.169 e. The predicted octanol–water partition coefficient (Wildman–Crippen LogP) is 15.0. The number of hydrogen-bond donors (Lipinski definition) is 1. The van der Waals surface area contributed by atoms with Crippen molar-refractivity contribution in [1.29, 1.82) is 0 Å². The Hall–Kier alpha value is -8.12. The molecular weight excluding hydrogens is 815 g/mol. The lowest BCUT2D eigenvalue weighted by Crippen LogP contribution is -2.38. The minimum absolute atomic E-state index is 0.174. The maximum absolute atomic E-state index is 5.49. The molecule has 67 heavy (non-hydrogen) atoms. The Balaban J connectivity index is 0.913. The molecule has 3 aliphatic rings. The van der Waals surface area contributed by atoms with E-state index >= 15 is 0 Å². The van der Waals surface area contributed by atoms with Gasteiger partial charge in [-0.3, -0.25) is 0 Å². The SMILES string of the molecule is CC[N+]1(c2cccc(C3=NC(c4cccc(C5CCc6c(ccc7c8ccccc8n(-c8ccccc8)c67)-c6ccccc65)c4)N=C(c4ccccc4)N3)c2)c2ccccc2-c2ccccc21. The predicted molar refractivity (Wildman–Crippen MR) is 278 cm³/mol. The van der Waals surface area contributed by atoms with E-state index in [1.807, 2.05) is 0 Å². The molecule has 9 aromatic carbocycles. The van der Waals surface area contributed by atoms with Gasteiger partial charge in [0.1, 0.15) is 17.4 Å². The lowest BCUT2D eigenvalue weighted by molar-refractivity contribution is 0.557. The maximum atomic E-state index is 5.49. The first kappa shape index (κ1) is 39.3. The summed E-state index contributed by atoms with van der Waals surface area (Å²) in [6, 6.07) is 79.8. The number of nitrogens with zero attached hydrogens (tertiary/aromatic N) is 4. The average molecular weight is 863 g/mol. The normalized spacial score (nSPS) is 16.8. The number of benzene rings is 9. The third-order valence-electron chi connectivity index (χ3n) is 14.6. The topological polar surface area (TPSA) is 41.7 Å². The van der Waals surface area contributed by atoms with Crippen LogP contribution in [0.2, 0.25) is 0 Å². The summed E-state index contributed by atoms with van der Waals surface area (Å²) < 4.78 is 3.13. The Morgan fingerprint density at radius 2 is 1.15 bits per heavy atom. The van der Waals surface area contributed by atoms with E-state index in [0.717, 1.165) is 47.7 Å². The van der Waals surface area contributed by atoms with Gasteiger partial charge in [-0.1, -0.05) is 164 Å². The number of hydrogen-bond acceptors (Lipinski definition) is 3. The molecule has 10 aromatic rings. The zero-order valence-corrected chi connectivity index (χ0v) is 37.3. The zero-order valence-electron chi connectivity index (χ0n) is 37.3. The number of nitrogens with one attached hydrogen (secondary N) is 1. The van der Waals surface area contributed by atoms with Gasteiger partial charge in [-0.15, -0.1) is 0 Å². The molecule has 1 aliphatic carbocycles. The van der Waals surface area contributed by atoms with Gasteiger partial charge in [0.2, 0.25) is 0 Å². The molecule has 0 bridgehead atoms. The number of rotatable bonds is 7. The minimum atomic E-state index is -0.447. The van der Waals surface area contributed by atoms with Crippen LogP contribution in [-0.2, 0) is 6.42 Å². The van der Waals surface area contributed by atoms with Gasteiger partial charge in [-0.25, -0.2) is 14.5 Å². The van der Waals surface area contributed by atoms with Crippen LogP contribution in [0.3, 0.4) is 0 Å². The van der Waals surface area contributed by atoms with E-state index in [1.54, 1.807) is 0 Å². The first-order chi connectivity index (χ1) is 33.2. The standard InChI is InChI=1S/C62H48N5/c1-2-67(57-33-15-12-30-52(57)53-31-13-16-34-58(53)67)46-26-18-23-44(40-46)62-64-60(41-19-5-3-6-20-41)63-61(65-62)43-22-17-21-42(39-43)47-35-37-54-50(49-28-10-9-27-48(47)49)36-38-55-51-29-11-14-32-56(51)66(59(54)55)45-24-7-4-8-25-45/h3-34,36,38-40,47,61H,2,35,37H2,1H3,(H,63,64,65)/q+1. The Morgan fingerprint density at radius 1 is 0.522 bits per heavy atom. The largest absolute Gasteiger partial charge is 0.324 e. The lowest BCUT2D eigenvalue weighted by atomic mass is 9.85. The van der Waals surface area contributed by atoms with Crippen molar-refractivity contribution in [3.8, 4) is 27.9 Å². The van der Waals surface area contributed by atoms with Crippen molar-refractivity contribution < 1.29 is 0 Å². The van der Waals surface area contributed by atoms with Crippen LogP contribution >= 0.6 is 0 Å². The van der Waals surface area contributed by atoms with Crippen molar-refractivity contribution in [3.05, 3.63) is 252 Å². The van der Waals surface area contributed by atoms with Gasteiger partial charge in [-0.05, 0) is 83.5 Å². The number of para-hydroxylation sites is 4. The van der Waals surface area contributed by atoms with Gasteiger partial charge in [0.25, 0.3) is 0 Å². The van der Waals surface area contributed by atoms with Gasteiger partial charge in [0.05, 0.1) is 17.6 Å². The second-order valence-corrected chi connectivity index (χ2v) is 18.1. The molecule has 0 amide bonds. The summed E-state index contributed by atoms with van der Waals surface area (Å²) in [6.45, 7) is 3.17. The highest BCUT2D eigenvalue weighted by molar-refractivity contribution is 6.16. The molecule has 2 atom stereocenters. The maximum Gasteiger partial charge on any atom is 0.169 e. The molecule has 13 rings (SSSR count). The quantitative estimate of drug-likeness (QED) is 0.159. The molecule has 320 valence electrons. The molecule has 0 fully saturated rings. The summed E-state index contributed by atoms with van der Waals surface area (Å²) in [5.41, 5.74) is 19.9. The monoisotopic (exact) mass is 862 g/mol. The van der Waals surface area contributed by atoms with Gasteiger partial charge in [0.15, 0.2) is 17.5 Å². The number of aryl methyl sites for hydroxylation is 1. The molecule has 0 spiro atoms. The van der Waals surface area contributed by atoms with E-state index in [2.05, 4.69) is 235 Å². The van der Waals surface area contributed by atoms with Gasteiger partial charge < -0.3 is 9.88 Å². The van der Waals surface area contributed by atoms with Crippen LogP contribution < -0.4 is 9.80 Å². The van der Waals surface area contributed by atoms with Gasteiger partial charge in [0, 0.05) is 68.9 Å². The highest BCUT2D eigenvalue weighted by Crippen LogP contribution is 2.57. The van der Waals surface area contributed by atoms with Crippen LogP contribution in [0, 0.1) is 0 Å². The lowest BCUT2D eigenvalue weighted by Gasteiger charge is -2.34. The molecule has 0 saturated carbocycles. The third-order valence-corrected chi connectivity index (χ3v) is 14.6. The molecule has 0 radical (unpaired) electrons. The fourth-order valence-electron chi connectivity index (χ4n) is 11.6. The minimum Gasteiger partial charge on any atom is -0.324 e. The Bertz CT molecular complexity index is 3570. The van der Waals surface area contributed by atoms with E-state index in [4.69, 9.17) is 9.98 Å². The van der Waals surface area contributed by atoms with Crippen molar-refractivity contribution in [1.82, 2.24) is 14.4 Å². The fourth-order valence-corrected chi connectivity index (χ4v) is 11.6. The van der Waals surface area contributed by atoms with Crippen LogP contribution in [0.15, 0.2) is 228 Å². The molecule has 0 saturated heterocycles. The van der Waals surface area contributed by atoms with Gasteiger partial charge in [-0.2, -0.15) is 0 Å². The Morgan fingerprint density at radius 3 is 1.93 bits per heavy atom. The molecule has 1 aromatic heterocycles. The summed E-state index contributed by atoms with van der Waals surface area (Å²) in [4.78, 5) is 10.9. The fraction of sp³-hybridized carbons (Fsp3) is 0.0968. The van der Waals surface area contributed by atoms with E-state index in [-0.39, 0.29) is 5.92 Å². The number of aliphatic imine (C=N–C) groups is 2. The third kappa shape index (κ3) is 6.19. The summed E-state index contributed by atoms with van der Waals surface area (Å²) in [5.74, 6) is 1.80. The Labute approximate surface area is 391 Å². The molecule has 2 aliphatic heterocycles. The summed E-state index contributed by atoms with van der Waals surface area (Å²) >= 11 is 0. The molecule has 3 heterocycles. The van der Waals surface area contributed by atoms with Crippen molar-refractivity contribution in [3.63, 3.8) is 0 Å².